The van der Waals surface area contributed by atoms with Crippen molar-refractivity contribution in [3.05, 3.63) is 0 Å². The minimum atomic E-state index is -1.23. The summed E-state index contributed by atoms with van der Waals surface area (Å²) in [5.74, 6) is -7.99. The van der Waals surface area contributed by atoms with Crippen LogP contribution in [0.2, 0.25) is 0 Å². The van der Waals surface area contributed by atoms with E-state index in [2.05, 4.69) is 53.2 Å². The zero-order valence-electron chi connectivity index (χ0n) is 59.1. The van der Waals surface area contributed by atoms with E-state index in [1.807, 2.05) is 96.9 Å². The number of nitrogens with two attached hydrogens (primary N) is 6. The zero-order valence-corrected chi connectivity index (χ0v) is 59.1. The molecule has 538 valence electrons. The van der Waals surface area contributed by atoms with Gasteiger partial charge in [-0.25, -0.2) is 0 Å². The Kier molecular flexibility index (Phi) is 44.7. The Morgan fingerprint density at radius 2 is 0.398 bits per heavy atom. The number of rotatable bonds is 51. The monoisotopic (exact) mass is 1320 g/mol. The number of hydrogen-bond donors (Lipinski definition) is 16. The molecule has 0 aliphatic carbocycles. The molecule has 0 unspecified atom stereocenters. The normalized spacial score (nSPS) is 15.2. The molecule has 0 aliphatic rings. The van der Waals surface area contributed by atoms with Gasteiger partial charge >= 0.3 is 0 Å². The average molecular weight is 1320 g/mol. The van der Waals surface area contributed by atoms with Crippen LogP contribution in [0.5, 0.6) is 0 Å². The van der Waals surface area contributed by atoms with Crippen molar-refractivity contribution < 1.29 is 52.7 Å². The lowest BCUT2D eigenvalue weighted by Crippen LogP contribution is -2.61. The third kappa shape index (κ3) is 38.2. The lowest BCUT2D eigenvalue weighted by atomic mass is 9.98. The number of primary amides is 1. The van der Waals surface area contributed by atoms with Gasteiger partial charge < -0.3 is 87.6 Å². The number of hydrogen-bond acceptors (Lipinski definition) is 16. The van der Waals surface area contributed by atoms with E-state index < -0.39 is 131 Å². The predicted molar refractivity (Wildman–Crippen MR) is 364 cm³/mol. The smallest absolute Gasteiger partial charge is 0.243 e. The van der Waals surface area contributed by atoms with Crippen molar-refractivity contribution in [2.75, 3.05) is 26.2 Å². The van der Waals surface area contributed by atoms with E-state index in [9.17, 15) is 52.7 Å². The van der Waals surface area contributed by atoms with Gasteiger partial charge in [0.25, 0.3) is 0 Å². The van der Waals surface area contributed by atoms with E-state index in [1.54, 1.807) is 0 Å². The summed E-state index contributed by atoms with van der Waals surface area (Å²) in [6, 6.07) is -12.3. The van der Waals surface area contributed by atoms with Gasteiger partial charge in [0, 0.05) is 0 Å². The topological polar surface area (TPSA) is 464 Å². The van der Waals surface area contributed by atoms with Gasteiger partial charge in [0.15, 0.2) is 0 Å². The van der Waals surface area contributed by atoms with Gasteiger partial charge in [-0.15, -0.1) is 0 Å². The molecule has 0 aliphatic heterocycles. The molecule has 0 fully saturated rings. The van der Waals surface area contributed by atoms with Crippen LogP contribution in [-0.2, 0) is 52.7 Å². The average Bonchev–Trinajstić information content (AvgIpc) is 1.72. The molecule has 22 N–H and O–H groups in total. The first-order chi connectivity index (χ1) is 43.6. The van der Waals surface area contributed by atoms with Crippen molar-refractivity contribution in [2.45, 2.75) is 285 Å². The van der Waals surface area contributed by atoms with Crippen LogP contribution < -0.4 is 87.6 Å². The molecule has 27 heteroatoms. The van der Waals surface area contributed by atoms with E-state index in [-0.39, 0.29) is 112 Å². The van der Waals surface area contributed by atoms with E-state index in [0.29, 0.717) is 77.4 Å². The molecule has 0 bridgehead atoms. The van der Waals surface area contributed by atoms with Crippen LogP contribution >= 0.6 is 0 Å². The first-order valence-corrected chi connectivity index (χ1v) is 34.5. The first kappa shape index (κ1) is 87.0. The summed E-state index contributed by atoms with van der Waals surface area (Å²) < 4.78 is 0. The quantitative estimate of drug-likeness (QED) is 0.0384. The summed E-state index contributed by atoms with van der Waals surface area (Å²) in [5, 5.41) is 28.1. The highest BCUT2D eigenvalue weighted by atomic mass is 16.2. The molecule has 11 amide bonds. The summed E-state index contributed by atoms with van der Waals surface area (Å²) >= 11 is 0. The highest BCUT2D eigenvalue weighted by Crippen LogP contribution is 2.17. The SMILES string of the molecule is CC(C)C[C@H](NC(=O)[C@H](CC(C)C)NC(=O)[C@H](CC(C)C)NC(=O)[C@@H](CCCCN)NC(=O)[C@@H](CC(C)C)NC(=O)[C@@H](CC(C)C)NC(=O)[C@@H](CCCCN)NC(=O)[C@H](CC(C)C)NC(=O)[C@H](CC(C)C)NC(=O)[C@H](CCCCN)NC(=O)[C@@H](N)CCCCN)C(N)=O. The van der Waals surface area contributed by atoms with Crippen LogP contribution in [0.3, 0.4) is 0 Å². The summed E-state index contributed by atoms with van der Waals surface area (Å²) in [5.41, 5.74) is 34.9. The fraction of sp³-hybridized carbons (Fsp3) is 0.833. The van der Waals surface area contributed by atoms with E-state index in [4.69, 9.17) is 34.4 Å². The van der Waals surface area contributed by atoms with E-state index >= 15 is 0 Å². The minimum absolute atomic E-state index is 0.0280. The Morgan fingerprint density at radius 3 is 0.591 bits per heavy atom. The molecule has 27 nitrogen and oxygen atoms in total. The van der Waals surface area contributed by atoms with Crippen LogP contribution in [0.1, 0.15) is 219 Å². The van der Waals surface area contributed by atoms with Gasteiger partial charge in [0.1, 0.15) is 60.4 Å². The standard InChI is InChI=1S/C66H128N16O11/c1-38(2)31-49(56(72)83)76-63(90)52(34-41(7)8)82-66(93)55(37-44(13)14)79-60(87)48(26-18-22-30-70)75-62(89)51(33-40(5)6)81-65(92)54(36-43(11)12)78-59(86)47(25-17-21-29-69)74-61(88)50(32-39(3)4)80-64(91)53(35-42(9)10)77-58(85)46(24-16-20-28-68)73-57(84)45(71)23-15-19-27-67/h38-55H,15-37,67-71H2,1-14H3,(H2,72,83)(H,73,84)(H,74,88)(H,75,89)(H,76,90)(H,77,85)(H,78,86)(H,79,87)(H,80,91)(H,81,92)(H,82,93)/t45-,46-,47+,48+,49-,50-,51+,52-,53-,54+,55-/m0/s1. The number of nitrogens with one attached hydrogen (secondary N) is 10. The molecule has 11 atom stereocenters. The lowest BCUT2D eigenvalue weighted by molar-refractivity contribution is -0.136. The predicted octanol–water partition coefficient (Wildman–Crippen LogP) is 1.49. The largest absolute Gasteiger partial charge is 0.368 e. The molecule has 0 radical (unpaired) electrons. The van der Waals surface area contributed by atoms with Crippen LogP contribution in [-0.4, -0.2) is 158 Å². The van der Waals surface area contributed by atoms with E-state index in [0.717, 1.165) is 0 Å². The van der Waals surface area contributed by atoms with Gasteiger partial charge in [-0.3, -0.25) is 52.7 Å². The molecular formula is C66H128N16O11. The number of amides is 11. The first-order valence-electron chi connectivity index (χ1n) is 34.5. The highest BCUT2D eigenvalue weighted by molar-refractivity contribution is 5.99. The van der Waals surface area contributed by atoms with Gasteiger partial charge in [0.05, 0.1) is 6.04 Å². The second-order valence-corrected chi connectivity index (χ2v) is 28.2. The van der Waals surface area contributed by atoms with Gasteiger partial charge in [-0.1, -0.05) is 103 Å². The maximum Gasteiger partial charge on any atom is 0.243 e. The summed E-state index contributed by atoms with van der Waals surface area (Å²) in [6.45, 7) is 27.5. The lowest BCUT2D eigenvalue weighted by Gasteiger charge is -2.30. The Balaban J connectivity index is 7.03. The Bertz CT molecular complexity index is 2270. The molecule has 0 spiro atoms. The van der Waals surface area contributed by atoms with Crippen LogP contribution in [0.15, 0.2) is 0 Å². The van der Waals surface area contributed by atoms with Crippen LogP contribution in [0.4, 0.5) is 0 Å². The zero-order chi connectivity index (χ0) is 71.1. The Morgan fingerprint density at radius 1 is 0.237 bits per heavy atom. The highest BCUT2D eigenvalue weighted by Gasteiger charge is 2.37. The molecular weight excluding hydrogens is 1190 g/mol. The van der Waals surface area contributed by atoms with Crippen molar-refractivity contribution in [3.63, 3.8) is 0 Å². The number of carbonyl (C=O) groups is 11. The van der Waals surface area contributed by atoms with Crippen LogP contribution in [0, 0.1) is 41.4 Å². The third-order valence-corrected chi connectivity index (χ3v) is 15.5. The van der Waals surface area contributed by atoms with Crippen molar-refractivity contribution in [1.29, 1.82) is 0 Å². The third-order valence-electron chi connectivity index (χ3n) is 15.5. The molecule has 0 aromatic rings. The van der Waals surface area contributed by atoms with Gasteiger partial charge in [0.2, 0.25) is 65.0 Å². The fourth-order valence-electron chi connectivity index (χ4n) is 10.6. The molecule has 93 heavy (non-hydrogen) atoms. The molecule has 0 saturated heterocycles. The van der Waals surface area contributed by atoms with Crippen LogP contribution in [0.25, 0.3) is 0 Å². The fourth-order valence-corrected chi connectivity index (χ4v) is 10.6. The molecule has 0 rings (SSSR count). The van der Waals surface area contributed by atoms with Crippen molar-refractivity contribution >= 4 is 65.0 Å². The summed E-state index contributed by atoms with van der Waals surface area (Å²) in [6.07, 6.45) is 6.18. The molecule has 0 heterocycles. The molecule has 0 saturated carbocycles. The van der Waals surface area contributed by atoms with Crippen molar-refractivity contribution in [1.82, 2.24) is 53.2 Å². The Hall–Kier alpha value is -6.03. The second kappa shape index (κ2) is 47.8. The minimum Gasteiger partial charge on any atom is -0.368 e. The second-order valence-electron chi connectivity index (χ2n) is 28.2. The Labute approximate surface area is 556 Å². The maximum atomic E-state index is 14.6. The molecule has 0 aromatic carbocycles. The van der Waals surface area contributed by atoms with Crippen molar-refractivity contribution in [3.8, 4) is 0 Å². The van der Waals surface area contributed by atoms with Gasteiger partial charge in [-0.05, 0) is 183 Å². The van der Waals surface area contributed by atoms with Gasteiger partial charge in [-0.2, -0.15) is 0 Å². The molecule has 0 aromatic heterocycles. The summed E-state index contributed by atoms with van der Waals surface area (Å²) in [4.78, 5) is 154. The number of carbonyl (C=O) groups excluding carboxylic acids is 11. The number of unbranched alkanes of at least 4 members (excludes halogenated alkanes) is 4. The maximum absolute atomic E-state index is 14.6. The van der Waals surface area contributed by atoms with E-state index in [1.165, 1.54) is 0 Å². The summed E-state index contributed by atoms with van der Waals surface area (Å²) in [7, 11) is 0. The van der Waals surface area contributed by atoms with Crippen molar-refractivity contribution in [2.24, 2.45) is 75.8 Å².